The zero-order chi connectivity index (χ0) is 15.7. The maximum Gasteiger partial charge on any atom is 0.270 e. The summed E-state index contributed by atoms with van der Waals surface area (Å²) >= 11 is 0. The van der Waals surface area contributed by atoms with Gasteiger partial charge in [-0.15, -0.1) is 0 Å². The lowest BCUT2D eigenvalue weighted by molar-refractivity contribution is -0.384. The third-order valence-corrected chi connectivity index (χ3v) is 3.77. The number of hydrogen-bond donors (Lipinski definition) is 1. The van der Waals surface area contributed by atoms with Gasteiger partial charge in [-0.2, -0.15) is 0 Å². The Bertz CT molecular complexity index is 449. The van der Waals surface area contributed by atoms with Gasteiger partial charge < -0.3 is 10.1 Å². The van der Waals surface area contributed by atoms with Gasteiger partial charge in [0, 0.05) is 24.2 Å². The molecule has 0 aliphatic heterocycles. The SMILES string of the molecule is CCCCC(CC)CNCc1cc([N+](=O)[O-])ccc1OC. The largest absolute Gasteiger partial charge is 0.496 e. The van der Waals surface area contributed by atoms with Crippen LogP contribution in [0.25, 0.3) is 0 Å². The molecule has 0 bridgehead atoms. The van der Waals surface area contributed by atoms with Gasteiger partial charge in [0.25, 0.3) is 5.69 Å². The Morgan fingerprint density at radius 3 is 2.71 bits per heavy atom. The van der Waals surface area contributed by atoms with Crippen LogP contribution in [-0.2, 0) is 6.54 Å². The molecular formula is C16H26N2O3. The van der Waals surface area contributed by atoms with E-state index < -0.39 is 0 Å². The average Bonchev–Trinajstić information content (AvgIpc) is 2.50. The molecule has 21 heavy (non-hydrogen) atoms. The van der Waals surface area contributed by atoms with Crippen LogP contribution < -0.4 is 10.1 Å². The fraction of sp³-hybridized carbons (Fsp3) is 0.625. The van der Waals surface area contributed by atoms with Crippen LogP contribution in [0.1, 0.15) is 45.1 Å². The zero-order valence-corrected chi connectivity index (χ0v) is 13.2. The number of non-ortho nitro benzene ring substituents is 1. The van der Waals surface area contributed by atoms with Gasteiger partial charge in [0.05, 0.1) is 12.0 Å². The molecule has 0 aromatic heterocycles. The van der Waals surface area contributed by atoms with Gasteiger partial charge >= 0.3 is 0 Å². The molecule has 1 unspecified atom stereocenters. The van der Waals surface area contributed by atoms with Crippen LogP contribution in [0.3, 0.4) is 0 Å². The highest BCUT2D eigenvalue weighted by atomic mass is 16.6. The van der Waals surface area contributed by atoms with E-state index in [1.165, 1.54) is 25.3 Å². The molecule has 0 aliphatic carbocycles. The first-order valence-electron chi connectivity index (χ1n) is 7.64. The second kappa shape index (κ2) is 9.34. The predicted molar refractivity (Wildman–Crippen MR) is 84.7 cm³/mol. The summed E-state index contributed by atoms with van der Waals surface area (Å²) < 4.78 is 5.27. The van der Waals surface area contributed by atoms with Crippen LogP contribution in [0, 0.1) is 16.0 Å². The van der Waals surface area contributed by atoms with Gasteiger partial charge in [-0.05, 0) is 24.9 Å². The Hall–Kier alpha value is -1.62. The summed E-state index contributed by atoms with van der Waals surface area (Å²) in [4.78, 5) is 10.5. The number of nitrogens with zero attached hydrogens (tertiary/aromatic N) is 1. The molecule has 0 saturated carbocycles. The standard InChI is InChI=1S/C16H26N2O3/c1-4-6-7-13(5-2)11-17-12-14-10-15(18(19)20)8-9-16(14)21-3/h8-10,13,17H,4-7,11-12H2,1-3H3. The van der Waals surface area contributed by atoms with E-state index in [4.69, 9.17) is 4.74 Å². The predicted octanol–water partition coefficient (Wildman–Crippen LogP) is 3.91. The van der Waals surface area contributed by atoms with Crippen molar-refractivity contribution < 1.29 is 9.66 Å². The minimum atomic E-state index is -0.376. The van der Waals surface area contributed by atoms with E-state index in [9.17, 15) is 10.1 Å². The van der Waals surface area contributed by atoms with Crippen LogP contribution >= 0.6 is 0 Å². The lowest BCUT2D eigenvalue weighted by Crippen LogP contribution is -2.22. The lowest BCUT2D eigenvalue weighted by Gasteiger charge is -2.16. The van der Waals surface area contributed by atoms with Gasteiger partial charge in [0.2, 0.25) is 0 Å². The van der Waals surface area contributed by atoms with Gasteiger partial charge in [-0.25, -0.2) is 0 Å². The number of nitro groups is 1. The highest BCUT2D eigenvalue weighted by Crippen LogP contribution is 2.24. The van der Waals surface area contributed by atoms with E-state index in [0.717, 1.165) is 18.5 Å². The van der Waals surface area contributed by atoms with Gasteiger partial charge in [0.15, 0.2) is 0 Å². The van der Waals surface area contributed by atoms with Crippen LogP contribution in [0.2, 0.25) is 0 Å². The first kappa shape index (κ1) is 17.4. The number of nitrogens with one attached hydrogen (secondary N) is 1. The minimum absolute atomic E-state index is 0.102. The summed E-state index contributed by atoms with van der Waals surface area (Å²) in [6, 6.07) is 4.71. The van der Waals surface area contributed by atoms with E-state index in [1.54, 1.807) is 19.2 Å². The smallest absolute Gasteiger partial charge is 0.270 e. The average molecular weight is 294 g/mol. The van der Waals surface area contributed by atoms with Crippen LogP contribution in [0.4, 0.5) is 5.69 Å². The molecular weight excluding hydrogens is 268 g/mol. The monoisotopic (exact) mass is 294 g/mol. The van der Waals surface area contributed by atoms with E-state index in [1.807, 2.05) is 0 Å². The van der Waals surface area contributed by atoms with Crippen molar-refractivity contribution in [1.82, 2.24) is 5.32 Å². The molecule has 0 heterocycles. The van der Waals surface area contributed by atoms with E-state index in [2.05, 4.69) is 19.2 Å². The third kappa shape index (κ3) is 5.71. The van der Waals surface area contributed by atoms with Crippen molar-refractivity contribution >= 4 is 5.69 Å². The van der Waals surface area contributed by atoms with Crippen LogP contribution in [-0.4, -0.2) is 18.6 Å². The number of rotatable bonds is 10. The maximum absolute atomic E-state index is 10.8. The van der Waals surface area contributed by atoms with Gasteiger partial charge in [0.1, 0.15) is 5.75 Å². The normalized spacial score (nSPS) is 12.1. The molecule has 1 atom stereocenters. The molecule has 0 spiro atoms. The van der Waals surface area contributed by atoms with Crippen molar-refractivity contribution in [3.8, 4) is 5.75 Å². The van der Waals surface area contributed by atoms with E-state index in [-0.39, 0.29) is 10.6 Å². The Morgan fingerprint density at radius 2 is 2.14 bits per heavy atom. The molecule has 0 amide bonds. The Balaban J connectivity index is 2.60. The van der Waals surface area contributed by atoms with Gasteiger partial charge in [-0.1, -0.05) is 33.1 Å². The molecule has 1 aromatic carbocycles. The number of benzene rings is 1. The highest BCUT2D eigenvalue weighted by Gasteiger charge is 2.12. The molecule has 5 nitrogen and oxygen atoms in total. The number of nitro benzene ring substituents is 1. The molecule has 0 fully saturated rings. The minimum Gasteiger partial charge on any atom is -0.496 e. The van der Waals surface area contributed by atoms with Crippen molar-refractivity contribution in [3.05, 3.63) is 33.9 Å². The summed E-state index contributed by atoms with van der Waals surface area (Å²) in [6.45, 7) is 5.93. The molecule has 0 saturated heterocycles. The number of ether oxygens (including phenoxy) is 1. The number of hydrogen-bond acceptors (Lipinski definition) is 4. The molecule has 1 aromatic rings. The summed E-state index contributed by atoms with van der Waals surface area (Å²) in [6.07, 6.45) is 4.85. The summed E-state index contributed by atoms with van der Waals surface area (Å²) in [5.41, 5.74) is 0.933. The van der Waals surface area contributed by atoms with Crippen molar-refractivity contribution in [1.29, 1.82) is 0 Å². The topological polar surface area (TPSA) is 64.4 Å². The lowest BCUT2D eigenvalue weighted by atomic mass is 9.99. The zero-order valence-electron chi connectivity index (χ0n) is 13.2. The first-order valence-corrected chi connectivity index (χ1v) is 7.64. The van der Waals surface area contributed by atoms with Crippen molar-refractivity contribution in [2.75, 3.05) is 13.7 Å². The van der Waals surface area contributed by atoms with Crippen LogP contribution in [0.5, 0.6) is 5.75 Å². The Kier molecular flexibility index (Phi) is 7.75. The van der Waals surface area contributed by atoms with E-state index >= 15 is 0 Å². The molecule has 118 valence electrons. The molecule has 5 heteroatoms. The second-order valence-electron chi connectivity index (χ2n) is 5.30. The third-order valence-electron chi connectivity index (χ3n) is 3.77. The number of methoxy groups -OCH3 is 1. The second-order valence-corrected chi connectivity index (χ2v) is 5.30. The molecule has 0 radical (unpaired) electrons. The highest BCUT2D eigenvalue weighted by molar-refractivity contribution is 5.43. The van der Waals surface area contributed by atoms with Crippen molar-refractivity contribution in [3.63, 3.8) is 0 Å². The maximum atomic E-state index is 10.8. The Labute approximate surface area is 126 Å². The van der Waals surface area contributed by atoms with Crippen molar-refractivity contribution in [2.24, 2.45) is 5.92 Å². The molecule has 1 rings (SSSR count). The first-order chi connectivity index (χ1) is 10.1. The summed E-state index contributed by atoms with van der Waals surface area (Å²) in [5.74, 6) is 1.35. The molecule has 1 N–H and O–H groups in total. The Morgan fingerprint density at radius 1 is 1.38 bits per heavy atom. The molecule has 0 aliphatic rings. The van der Waals surface area contributed by atoms with E-state index in [0.29, 0.717) is 18.2 Å². The summed E-state index contributed by atoms with van der Waals surface area (Å²) in [7, 11) is 1.58. The van der Waals surface area contributed by atoms with Gasteiger partial charge in [-0.3, -0.25) is 10.1 Å². The number of unbranched alkanes of at least 4 members (excludes halogenated alkanes) is 1. The van der Waals surface area contributed by atoms with Crippen molar-refractivity contribution in [2.45, 2.75) is 46.1 Å². The fourth-order valence-electron chi connectivity index (χ4n) is 2.37. The quantitative estimate of drug-likeness (QED) is 0.525. The van der Waals surface area contributed by atoms with Crippen LogP contribution in [0.15, 0.2) is 18.2 Å². The summed E-state index contributed by atoms with van der Waals surface area (Å²) in [5, 5.41) is 14.2. The fourth-order valence-corrected chi connectivity index (χ4v) is 2.37.